The molecular formula is C13H20N2O3. The number of hydrogen-bond acceptors (Lipinski definition) is 5. The maximum atomic E-state index is 11.2. The van der Waals surface area contributed by atoms with Crippen LogP contribution >= 0.6 is 0 Å². The van der Waals surface area contributed by atoms with Crippen LogP contribution in [0.15, 0.2) is 18.3 Å². The molecule has 0 bridgehead atoms. The number of esters is 1. The standard InChI is InChI=1S/C13H20N2O3/c1-10(4-3-7-16)14-9-12-6-5-11(8-15-12)13(17)18-2/h5-6,8,10,14,16H,3-4,7,9H2,1-2H3. The molecule has 0 aliphatic rings. The molecule has 1 atom stereocenters. The van der Waals surface area contributed by atoms with Gasteiger partial charge in [0.1, 0.15) is 0 Å². The van der Waals surface area contributed by atoms with Gasteiger partial charge in [-0.1, -0.05) is 0 Å². The Morgan fingerprint density at radius 1 is 1.56 bits per heavy atom. The molecule has 18 heavy (non-hydrogen) atoms. The average molecular weight is 252 g/mol. The van der Waals surface area contributed by atoms with Crippen LogP contribution in [-0.2, 0) is 11.3 Å². The van der Waals surface area contributed by atoms with Crippen LogP contribution in [0.3, 0.4) is 0 Å². The molecule has 100 valence electrons. The molecule has 0 fully saturated rings. The number of rotatable bonds is 7. The van der Waals surface area contributed by atoms with Crippen molar-refractivity contribution in [3.05, 3.63) is 29.6 Å². The van der Waals surface area contributed by atoms with Gasteiger partial charge in [0.15, 0.2) is 0 Å². The summed E-state index contributed by atoms with van der Waals surface area (Å²) in [6.07, 6.45) is 3.24. The van der Waals surface area contributed by atoms with Crippen LogP contribution in [0.1, 0.15) is 35.8 Å². The van der Waals surface area contributed by atoms with E-state index in [9.17, 15) is 4.79 Å². The van der Waals surface area contributed by atoms with E-state index in [2.05, 4.69) is 22.0 Å². The first-order valence-corrected chi connectivity index (χ1v) is 6.05. The largest absolute Gasteiger partial charge is 0.465 e. The quantitative estimate of drug-likeness (QED) is 0.711. The Morgan fingerprint density at radius 2 is 2.33 bits per heavy atom. The lowest BCUT2D eigenvalue weighted by molar-refractivity contribution is 0.0600. The second-order valence-corrected chi connectivity index (χ2v) is 4.18. The van der Waals surface area contributed by atoms with Crippen LogP contribution in [0.5, 0.6) is 0 Å². The van der Waals surface area contributed by atoms with E-state index in [-0.39, 0.29) is 12.6 Å². The van der Waals surface area contributed by atoms with Gasteiger partial charge in [-0.25, -0.2) is 4.79 Å². The van der Waals surface area contributed by atoms with Gasteiger partial charge in [-0.05, 0) is 31.9 Å². The smallest absolute Gasteiger partial charge is 0.339 e. The summed E-state index contributed by atoms with van der Waals surface area (Å²) >= 11 is 0. The van der Waals surface area contributed by atoms with Gasteiger partial charge < -0.3 is 15.2 Å². The van der Waals surface area contributed by atoms with Crippen molar-refractivity contribution in [2.75, 3.05) is 13.7 Å². The minimum Gasteiger partial charge on any atom is -0.465 e. The highest BCUT2D eigenvalue weighted by Crippen LogP contribution is 2.03. The number of pyridine rings is 1. The Hall–Kier alpha value is -1.46. The third kappa shape index (κ3) is 4.81. The van der Waals surface area contributed by atoms with Gasteiger partial charge in [0.25, 0.3) is 0 Å². The molecule has 0 saturated heterocycles. The van der Waals surface area contributed by atoms with Crippen LogP contribution in [0.25, 0.3) is 0 Å². The van der Waals surface area contributed by atoms with Gasteiger partial charge in [0.2, 0.25) is 0 Å². The molecule has 0 aliphatic carbocycles. The summed E-state index contributed by atoms with van der Waals surface area (Å²) < 4.78 is 4.60. The summed E-state index contributed by atoms with van der Waals surface area (Å²) in [6.45, 7) is 2.94. The van der Waals surface area contributed by atoms with Crippen LogP contribution in [0.2, 0.25) is 0 Å². The topological polar surface area (TPSA) is 71.5 Å². The SMILES string of the molecule is COC(=O)c1ccc(CNC(C)CCCO)nc1. The lowest BCUT2D eigenvalue weighted by atomic mass is 10.2. The van der Waals surface area contributed by atoms with E-state index >= 15 is 0 Å². The first-order valence-electron chi connectivity index (χ1n) is 6.05. The Bertz CT molecular complexity index is 365. The Kier molecular flexibility index (Phi) is 6.32. The molecule has 5 heteroatoms. The monoisotopic (exact) mass is 252 g/mol. The maximum Gasteiger partial charge on any atom is 0.339 e. The normalized spacial score (nSPS) is 12.2. The van der Waals surface area contributed by atoms with Crippen molar-refractivity contribution < 1.29 is 14.6 Å². The Morgan fingerprint density at radius 3 is 2.89 bits per heavy atom. The zero-order valence-corrected chi connectivity index (χ0v) is 10.8. The van der Waals surface area contributed by atoms with Gasteiger partial charge >= 0.3 is 5.97 Å². The number of aromatic nitrogens is 1. The van der Waals surface area contributed by atoms with Gasteiger partial charge in [-0.3, -0.25) is 4.98 Å². The van der Waals surface area contributed by atoms with Gasteiger partial charge in [-0.15, -0.1) is 0 Å². The highest BCUT2D eigenvalue weighted by atomic mass is 16.5. The fraction of sp³-hybridized carbons (Fsp3) is 0.538. The molecule has 1 aromatic rings. The number of nitrogens with one attached hydrogen (secondary N) is 1. The van der Waals surface area contributed by atoms with E-state index in [0.717, 1.165) is 18.5 Å². The van der Waals surface area contributed by atoms with Crippen molar-refractivity contribution in [3.63, 3.8) is 0 Å². The number of carbonyl (C=O) groups excluding carboxylic acids is 1. The predicted octanol–water partition coefficient (Wildman–Crippen LogP) is 1.12. The van der Waals surface area contributed by atoms with E-state index in [1.807, 2.05) is 0 Å². The lowest BCUT2D eigenvalue weighted by Gasteiger charge is -2.12. The van der Waals surface area contributed by atoms with Gasteiger partial charge in [0.05, 0.1) is 18.4 Å². The van der Waals surface area contributed by atoms with E-state index in [4.69, 9.17) is 5.11 Å². The third-order valence-electron chi connectivity index (χ3n) is 2.67. The lowest BCUT2D eigenvalue weighted by Crippen LogP contribution is -2.26. The fourth-order valence-corrected chi connectivity index (χ4v) is 1.55. The van der Waals surface area contributed by atoms with Crippen LogP contribution in [0, 0.1) is 0 Å². The summed E-state index contributed by atoms with van der Waals surface area (Å²) in [4.78, 5) is 15.4. The zero-order valence-electron chi connectivity index (χ0n) is 10.8. The second kappa shape index (κ2) is 7.79. The molecule has 1 rings (SSSR count). The molecule has 0 aliphatic heterocycles. The minimum absolute atomic E-state index is 0.220. The summed E-state index contributed by atoms with van der Waals surface area (Å²) in [7, 11) is 1.35. The van der Waals surface area contributed by atoms with Crippen LogP contribution in [-0.4, -0.2) is 35.8 Å². The van der Waals surface area contributed by atoms with Gasteiger partial charge in [0, 0.05) is 25.4 Å². The second-order valence-electron chi connectivity index (χ2n) is 4.18. The molecule has 0 aromatic carbocycles. The van der Waals surface area contributed by atoms with E-state index < -0.39 is 0 Å². The highest BCUT2D eigenvalue weighted by molar-refractivity contribution is 5.88. The van der Waals surface area contributed by atoms with Crippen LogP contribution < -0.4 is 5.32 Å². The number of aliphatic hydroxyl groups excluding tert-OH is 1. The molecule has 1 unspecified atom stereocenters. The first kappa shape index (κ1) is 14.6. The molecule has 0 saturated carbocycles. The molecule has 2 N–H and O–H groups in total. The summed E-state index contributed by atoms with van der Waals surface area (Å²) in [5.74, 6) is -0.377. The number of nitrogens with zero attached hydrogens (tertiary/aromatic N) is 1. The Labute approximate surface area is 107 Å². The highest BCUT2D eigenvalue weighted by Gasteiger charge is 2.06. The summed E-state index contributed by atoms with van der Waals surface area (Å²) in [5.41, 5.74) is 1.33. The van der Waals surface area contributed by atoms with Crippen molar-refractivity contribution in [2.45, 2.75) is 32.4 Å². The number of methoxy groups -OCH3 is 1. The van der Waals surface area contributed by atoms with Crippen molar-refractivity contribution >= 4 is 5.97 Å². The van der Waals surface area contributed by atoms with Crippen molar-refractivity contribution in [1.29, 1.82) is 0 Å². The van der Waals surface area contributed by atoms with Crippen molar-refractivity contribution in [2.24, 2.45) is 0 Å². The molecule has 0 spiro atoms. The Balaban J connectivity index is 2.41. The van der Waals surface area contributed by atoms with E-state index in [0.29, 0.717) is 18.2 Å². The van der Waals surface area contributed by atoms with E-state index in [1.54, 1.807) is 12.1 Å². The minimum atomic E-state index is -0.377. The summed E-state index contributed by atoms with van der Waals surface area (Å²) in [5, 5.41) is 12.0. The predicted molar refractivity (Wildman–Crippen MR) is 68.2 cm³/mol. The van der Waals surface area contributed by atoms with Crippen molar-refractivity contribution in [1.82, 2.24) is 10.3 Å². The zero-order chi connectivity index (χ0) is 13.4. The molecule has 0 radical (unpaired) electrons. The molecule has 1 aromatic heterocycles. The van der Waals surface area contributed by atoms with E-state index in [1.165, 1.54) is 13.3 Å². The van der Waals surface area contributed by atoms with Gasteiger partial charge in [-0.2, -0.15) is 0 Å². The molecule has 0 amide bonds. The molecular weight excluding hydrogens is 232 g/mol. The number of ether oxygens (including phenoxy) is 1. The average Bonchev–Trinajstić information content (AvgIpc) is 2.42. The van der Waals surface area contributed by atoms with Crippen molar-refractivity contribution in [3.8, 4) is 0 Å². The first-order chi connectivity index (χ1) is 8.67. The fourth-order valence-electron chi connectivity index (χ4n) is 1.55. The number of carbonyl (C=O) groups is 1. The third-order valence-corrected chi connectivity index (χ3v) is 2.67. The molecule has 1 heterocycles. The van der Waals surface area contributed by atoms with Crippen LogP contribution in [0.4, 0.5) is 0 Å². The number of hydrogen-bond donors (Lipinski definition) is 2. The summed E-state index contributed by atoms with van der Waals surface area (Å²) in [6, 6.07) is 3.84. The maximum absolute atomic E-state index is 11.2. The molecule has 5 nitrogen and oxygen atoms in total. The number of aliphatic hydroxyl groups is 1.